The lowest BCUT2D eigenvalue weighted by Gasteiger charge is -2.02. The Bertz CT molecular complexity index is 734. The van der Waals surface area contributed by atoms with E-state index in [4.69, 9.17) is 11.6 Å². The molecule has 2 aromatic heterocycles. The minimum atomic E-state index is 0.528. The van der Waals surface area contributed by atoms with Gasteiger partial charge in [-0.3, -0.25) is 0 Å². The fourth-order valence-electron chi connectivity index (χ4n) is 1.86. The first-order valence-electron chi connectivity index (χ1n) is 5.63. The molecule has 0 unspecified atom stereocenters. The molecule has 3 aromatic rings. The quantitative estimate of drug-likeness (QED) is 0.605. The maximum absolute atomic E-state index is 6.07. The Labute approximate surface area is 114 Å². The number of hydrogen-bond donors (Lipinski definition) is 0. The van der Waals surface area contributed by atoms with Gasteiger partial charge in [-0.2, -0.15) is 0 Å². The second kappa shape index (κ2) is 4.34. The third-order valence-electron chi connectivity index (χ3n) is 3.06. The predicted octanol–water partition coefficient (Wildman–Crippen LogP) is 4.63. The molecule has 0 radical (unpaired) electrons. The van der Waals surface area contributed by atoms with Gasteiger partial charge >= 0.3 is 0 Å². The van der Waals surface area contributed by atoms with Crippen molar-refractivity contribution in [2.45, 2.75) is 13.8 Å². The van der Waals surface area contributed by atoms with Gasteiger partial charge in [-0.15, -0.1) is 11.3 Å². The third kappa shape index (κ3) is 1.89. The molecular formula is C14H11ClN2S. The summed E-state index contributed by atoms with van der Waals surface area (Å²) in [7, 11) is 0. The Kier molecular flexibility index (Phi) is 2.80. The van der Waals surface area contributed by atoms with Crippen molar-refractivity contribution in [2.75, 3.05) is 0 Å². The SMILES string of the molecule is Cc1ccc(-c2cc3ncnc(Cl)c3s2)cc1C. The summed E-state index contributed by atoms with van der Waals surface area (Å²) in [4.78, 5) is 9.43. The van der Waals surface area contributed by atoms with Crippen molar-refractivity contribution in [3.63, 3.8) is 0 Å². The van der Waals surface area contributed by atoms with E-state index in [0.717, 1.165) is 10.2 Å². The van der Waals surface area contributed by atoms with Crippen LogP contribution in [0.4, 0.5) is 0 Å². The molecule has 3 rings (SSSR count). The van der Waals surface area contributed by atoms with Gasteiger partial charge in [-0.1, -0.05) is 29.8 Å². The van der Waals surface area contributed by atoms with Gasteiger partial charge in [0.1, 0.15) is 11.5 Å². The van der Waals surface area contributed by atoms with E-state index in [0.29, 0.717) is 5.15 Å². The zero-order chi connectivity index (χ0) is 12.7. The van der Waals surface area contributed by atoms with Gasteiger partial charge in [-0.05, 0) is 36.6 Å². The number of thiophene rings is 1. The summed E-state index contributed by atoms with van der Waals surface area (Å²) < 4.78 is 0.951. The van der Waals surface area contributed by atoms with Gasteiger partial charge in [-0.25, -0.2) is 9.97 Å². The summed E-state index contributed by atoms with van der Waals surface area (Å²) in [6.45, 7) is 4.24. The van der Waals surface area contributed by atoms with E-state index in [1.807, 2.05) is 0 Å². The Hall–Kier alpha value is -1.45. The van der Waals surface area contributed by atoms with Crippen LogP contribution in [0, 0.1) is 13.8 Å². The number of aromatic nitrogens is 2. The van der Waals surface area contributed by atoms with Crippen molar-refractivity contribution in [2.24, 2.45) is 0 Å². The highest BCUT2D eigenvalue weighted by molar-refractivity contribution is 7.22. The molecule has 90 valence electrons. The average Bonchev–Trinajstić information content (AvgIpc) is 2.78. The first-order chi connectivity index (χ1) is 8.65. The van der Waals surface area contributed by atoms with Gasteiger partial charge in [0, 0.05) is 4.88 Å². The third-order valence-corrected chi connectivity index (χ3v) is 4.64. The van der Waals surface area contributed by atoms with E-state index in [9.17, 15) is 0 Å². The molecule has 18 heavy (non-hydrogen) atoms. The molecule has 0 aliphatic carbocycles. The molecule has 0 amide bonds. The summed E-state index contributed by atoms with van der Waals surface area (Å²) in [6.07, 6.45) is 1.50. The average molecular weight is 275 g/mol. The fourth-order valence-corrected chi connectivity index (χ4v) is 3.11. The van der Waals surface area contributed by atoms with Gasteiger partial charge < -0.3 is 0 Å². The molecule has 4 heteroatoms. The van der Waals surface area contributed by atoms with Crippen LogP contribution in [-0.2, 0) is 0 Å². The molecule has 2 nitrogen and oxygen atoms in total. The van der Waals surface area contributed by atoms with Gasteiger partial charge in [0.25, 0.3) is 0 Å². The molecule has 0 bridgehead atoms. The van der Waals surface area contributed by atoms with Crippen molar-refractivity contribution >= 4 is 33.2 Å². The summed E-state index contributed by atoms with van der Waals surface area (Å²) in [5.74, 6) is 0. The second-order valence-corrected chi connectivity index (χ2v) is 5.70. The van der Waals surface area contributed by atoms with Crippen molar-refractivity contribution < 1.29 is 0 Å². The maximum Gasteiger partial charge on any atom is 0.150 e. The number of rotatable bonds is 1. The van der Waals surface area contributed by atoms with Gasteiger partial charge in [0.05, 0.1) is 10.2 Å². The topological polar surface area (TPSA) is 25.8 Å². The van der Waals surface area contributed by atoms with Crippen molar-refractivity contribution in [3.05, 3.63) is 46.9 Å². The lowest BCUT2D eigenvalue weighted by Crippen LogP contribution is -1.80. The monoisotopic (exact) mass is 274 g/mol. The zero-order valence-corrected chi connectivity index (χ0v) is 11.6. The number of fused-ring (bicyclic) bond motifs is 1. The summed E-state index contributed by atoms with van der Waals surface area (Å²) >= 11 is 7.71. The molecule has 0 saturated carbocycles. The molecule has 0 atom stereocenters. The number of aryl methyl sites for hydroxylation is 2. The number of benzene rings is 1. The van der Waals surface area contributed by atoms with Crippen LogP contribution in [0.1, 0.15) is 11.1 Å². The summed E-state index contributed by atoms with van der Waals surface area (Å²) in [5, 5.41) is 0.528. The summed E-state index contributed by atoms with van der Waals surface area (Å²) in [6, 6.07) is 8.54. The van der Waals surface area contributed by atoms with E-state index in [-0.39, 0.29) is 0 Å². The zero-order valence-electron chi connectivity index (χ0n) is 10.1. The Balaban J connectivity index is 2.19. The smallest absolute Gasteiger partial charge is 0.150 e. The van der Waals surface area contributed by atoms with Gasteiger partial charge in [0.2, 0.25) is 0 Å². The van der Waals surface area contributed by atoms with Crippen LogP contribution < -0.4 is 0 Å². The first-order valence-corrected chi connectivity index (χ1v) is 6.82. The van der Waals surface area contributed by atoms with Crippen LogP contribution >= 0.6 is 22.9 Å². The largest absolute Gasteiger partial charge is 0.235 e. The maximum atomic E-state index is 6.07. The molecular weight excluding hydrogens is 264 g/mol. The standard InChI is InChI=1S/C14H11ClN2S/c1-8-3-4-10(5-9(8)2)12-6-11-13(18-12)14(15)17-7-16-11/h3-7H,1-2H3. The molecule has 0 saturated heterocycles. The van der Waals surface area contributed by atoms with E-state index in [1.165, 1.54) is 27.9 Å². The van der Waals surface area contributed by atoms with Crippen LogP contribution in [0.15, 0.2) is 30.6 Å². The Morgan fingerprint density at radius 3 is 2.61 bits per heavy atom. The van der Waals surface area contributed by atoms with Crippen LogP contribution in [0.2, 0.25) is 5.15 Å². The highest BCUT2D eigenvalue weighted by Crippen LogP contribution is 2.35. The normalized spacial score (nSPS) is 11.1. The molecule has 0 fully saturated rings. The van der Waals surface area contributed by atoms with E-state index < -0.39 is 0 Å². The van der Waals surface area contributed by atoms with Gasteiger partial charge in [0.15, 0.2) is 0 Å². The number of hydrogen-bond acceptors (Lipinski definition) is 3. The molecule has 0 spiro atoms. The molecule has 0 N–H and O–H groups in total. The fraction of sp³-hybridized carbons (Fsp3) is 0.143. The predicted molar refractivity (Wildman–Crippen MR) is 77.3 cm³/mol. The van der Waals surface area contributed by atoms with Crippen LogP contribution in [0.5, 0.6) is 0 Å². The Morgan fingerprint density at radius 2 is 1.89 bits per heavy atom. The minimum Gasteiger partial charge on any atom is -0.235 e. The lowest BCUT2D eigenvalue weighted by molar-refractivity contribution is 1.23. The Morgan fingerprint density at radius 1 is 1.06 bits per heavy atom. The second-order valence-electron chi connectivity index (χ2n) is 4.29. The lowest BCUT2D eigenvalue weighted by atomic mass is 10.1. The van der Waals surface area contributed by atoms with E-state index >= 15 is 0 Å². The highest BCUT2D eigenvalue weighted by Gasteiger charge is 2.09. The van der Waals surface area contributed by atoms with Crippen LogP contribution in [-0.4, -0.2) is 9.97 Å². The van der Waals surface area contributed by atoms with Crippen molar-refractivity contribution in [1.82, 2.24) is 9.97 Å². The molecule has 0 aliphatic rings. The van der Waals surface area contributed by atoms with E-state index in [2.05, 4.69) is 48.1 Å². The number of halogens is 1. The number of nitrogens with zero attached hydrogens (tertiary/aromatic N) is 2. The van der Waals surface area contributed by atoms with Crippen LogP contribution in [0.3, 0.4) is 0 Å². The first kappa shape index (κ1) is 11.6. The molecule has 2 heterocycles. The van der Waals surface area contributed by atoms with Crippen LogP contribution in [0.25, 0.3) is 20.7 Å². The highest BCUT2D eigenvalue weighted by atomic mass is 35.5. The summed E-state index contributed by atoms with van der Waals surface area (Å²) in [5.41, 5.74) is 4.71. The molecule has 0 aliphatic heterocycles. The van der Waals surface area contributed by atoms with Crippen molar-refractivity contribution in [1.29, 1.82) is 0 Å². The minimum absolute atomic E-state index is 0.528. The molecule has 1 aromatic carbocycles. The van der Waals surface area contributed by atoms with Crippen molar-refractivity contribution in [3.8, 4) is 10.4 Å². The van der Waals surface area contributed by atoms with E-state index in [1.54, 1.807) is 11.3 Å².